The van der Waals surface area contributed by atoms with Crippen molar-refractivity contribution in [1.82, 2.24) is 10.2 Å². The quantitative estimate of drug-likeness (QED) is 0.788. The number of rotatable bonds is 6. The van der Waals surface area contributed by atoms with Gasteiger partial charge in [0.2, 0.25) is 5.91 Å². The Labute approximate surface area is 108 Å². The monoisotopic (exact) mass is 252 g/mol. The summed E-state index contributed by atoms with van der Waals surface area (Å²) < 4.78 is 13.6. The van der Waals surface area contributed by atoms with E-state index in [1.165, 1.54) is 6.07 Å². The van der Waals surface area contributed by atoms with Crippen LogP contribution in [0.2, 0.25) is 0 Å². The fraction of sp³-hybridized carbons (Fsp3) is 0.500. The largest absolute Gasteiger partial charge is 0.338 e. The molecule has 0 spiro atoms. The van der Waals surface area contributed by atoms with Crippen LogP contribution in [0.1, 0.15) is 31.9 Å². The van der Waals surface area contributed by atoms with Gasteiger partial charge in [-0.2, -0.15) is 0 Å². The van der Waals surface area contributed by atoms with Gasteiger partial charge < -0.3 is 10.2 Å². The molecule has 0 bridgehead atoms. The van der Waals surface area contributed by atoms with Crippen molar-refractivity contribution in [3.05, 3.63) is 35.6 Å². The number of hydrogen-bond donors (Lipinski definition) is 1. The maximum Gasteiger partial charge on any atom is 0.236 e. The summed E-state index contributed by atoms with van der Waals surface area (Å²) in [4.78, 5) is 13.5. The van der Waals surface area contributed by atoms with Crippen LogP contribution in [0.4, 0.5) is 4.39 Å². The molecule has 1 unspecified atom stereocenters. The molecular weight excluding hydrogens is 231 g/mol. The minimum atomic E-state index is -0.272. The molecule has 0 aliphatic heterocycles. The maximum absolute atomic E-state index is 13.6. The van der Waals surface area contributed by atoms with Gasteiger partial charge in [-0.1, -0.05) is 25.1 Å². The molecule has 0 radical (unpaired) electrons. The number of amides is 1. The molecule has 0 fully saturated rings. The fourth-order valence-corrected chi connectivity index (χ4v) is 1.74. The van der Waals surface area contributed by atoms with Gasteiger partial charge in [-0.15, -0.1) is 0 Å². The molecule has 1 rings (SSSR count). The molecule has 100 valence electrons. The number of nitrogens with one attached hydrogen (secondary N) is 1. The van der Waals surface area contributed by atoms with E-state index in [9.17, 15) is 9.18 Å². The number of carbonyl (C=O) groups excluding carboxylic acids is 1. The Balaban J connectivity index is 2.63. The van der Waals surface area contributed by atoms with Crippen LogP contribution >= 0.6 is 0 Å². The van der Waals surface area contributed by atoms with Crippen LogP contribution in [-0.2, 0) is 4.79 Å². The lowest BCUT2D eigenvalue weighted by atomic mass is 10.1. The highest BCUT2D eigenvalue weighted by Crippen LogP contribution is 2.21. The van der Waals surface area contributed by atoms with Gasteiger partial charge in [0, 0.05) is 12.6 Å². The summed E-state index contributed by atoms with van der Waals surface area (Å²) in [5.41, 5.74) is 0.545. The summed E-state index contributed by atoms with van der Waals surface area (Å²) in [6, 6.07) is 6.30. The van der Waals surface area contributed by atoms with Crippen molar-refractivity contribution in [3.63, 3.8) is 0 Å². The normalized spacial score (nSPS) is 12.2. The Morgan fingerprint density at radius 3 is 2.72 bits per heavy atom. The van der Waals surface area contributed by atoms with Crippen molar-refractivity contribution in [2.24, 2.45) is 0 Å². The molecule has 3 nitrogen and oxygen atoms in total. The van der Waals surface area contributed by atoms with E-state index < -0.39 is 0 Å². The predicted octanol–water partition coefficient (Wildman–Crippen LogP) is 2.34. The maximum atomic E-state index is 13.6. The molecule has 0 aliphatic carbocycles. The molecule has 1 aromatic carbocycles. The smallest absolute Gasteiger partial charge is 0.236 e. The minimum absolute atomic E-state index is 0.0285. The van der Waals surface area contributed by atoms with Gasteiger partial charge in [0.15, 0.2) is 0 Å². The molecule has 0 saturated carbocycles. The first kappa shape index (κ1) is 14.6. The molecule has 0 aliphatic rings. The van der Waals surface area contributed by atoms with Gasteiger partial charge in [-0.25, -0.2) is 4.39 Å². The zero-order chi connectivity index (χ0) is 13.5. The molecule has 1 atom stereocenters. The Kier molecular flexibility index (Phi) is 5.78. The van der Waals surface area contributed by atoms with E-state index in [1.807, 2.05) is 13.8 Å². The first-order chi connectivity index (χ1) is 8.57. The van der Waals surface area contributed by atoms with Crippen LogP contribution in [-0.4, -0.2) is 30.9 Å². The average molecular weight is 252 g/mol. The molecule has 1 amide bonds. The van der Waals surface area contributed by atoms with Gasteiger partial charge in [0.25, 0.3) is 0 Å². The molecule has 1 aromatic rings. The van der Waals surface area contributed by atoms with E-state index in [0.717, 1.165) is 13.0 Å². The molecule has 1 N–H and O–H groups in total. The first-order valence-corrected chi connectivity index (χ1v) is 6.28. The Bertz CT molecular complexity index is 395. The molecule has 4 heteroatoms. The summed E-state index contributed by atoms with van der Waals surface area (Å²) in [7, 11) is 1.70. The predicted molar refractivity (Wildman–Crippen MR) is 70.7 cm³/mol. The van der Waals surface area contributed by atoms with Crippen LogP contribution in [0.25, 0.3) is 0 Å². The van der Waals surface area contributed by atoms with E-state index in [2.05, 4.69) is 5.32 Å². The van der Waals surface area contributed by atoms with Gasteiger partial charge >= 0.3 is 0 Å². The second-order valence-electron chi connectivity index (χ2n) is 4.38. The Morgan fingerprint density at radius 1 is 1.44 bits per heavy atom. The van der Waals surface area contributed by atoms with E-state index in [-0.39, 0.29) is 17.8 Å². The second kappa shape index (κ2) is 7.11. The van der Waals surface area contributed by atoms with E-state index >= 15 is 0 Å². The highest BCUT2D eigenvalue weighted by molar-refractivity contribution is 5.78. The molecule has 18 heavy (non-hydrogen) atoms. The molecular formula is C14H21FN2O. The Morgan fingerprint density at radius 2 is 2.11 bits per heavy atom. The highest BCUT2D eigenvalue weighted by atomic mass is 19.1. The van der Waals surface area contributed by atoms with Gasteiger partial charge in [-0.3, -0.25) is 4.79 Å². The lowest BCUT2D eigenvalue weighted by Gasteiger charge is -2.25. The van der Waals surface area contributed by atoms with E-state index in [0.29, 0.717) is 12.1 Å². The third kappa shape index (κ3) is 3.81. The van der Waals surface area contributed by atoms with Crippen molar-refractivity contribution >= 4 is 5.91 Å². The Hall–Kier alpha value is -1.42. The molecule has 0 saturated heterocycles. The van der Waals surface area contributed by atoms with Crippen LogP contribution in [0.5, 0.6) is 0 Å². The SMILES string of the molecule is CCCNCC(=O)N(C)C(C)c1ccccc1F. The van der Waals surface area contributed by atoms with Crippen LogP contribution in [0.15, 0.2) is 24.3 Å². The van der Waals surface area contributed by atoms with Gasteiger partial charge in [-0.05, 0) is 26.0 Å². The lowest BCUT2D eigenvalue weighted by molar-refractivity contribution is -0.130. The third-order valence-corrected chi connectivity index (χ3v) is 3.03. The fourth-order valence-electron chi connectivity index (χ4n) is 1.74. The number of nitrogens with zero attached hydrogens (tertiary/aromatic N) is 1. The van der Waals surface area contributed by atoms with Crippen molar-refractivity contribution in [1.29, 1.82) is 0 Å². The lowest BCUT2D eigenvalue weighted by Crippen LogP contribution is -2.37. The second-order valence-corrected chi connectivity index (χ2v) is 4.38. The molecule has 0 aromatic heterocycles. The summed E-state index contributed by atoms with van der Waals surface area (Å²) in [6.45, 7) is 4.98. The topological polar surface area (TPSA) is 32.3 Å². The van der Waals surface area contributed by atoms with Crippen molar-refractivity contribution < 1.29 is 9.18 Å². The van der Waals surface area contributed by atoms with Gasteiger partial charge in [0.1, 0.15) is 5.82 Å². The van der Waals surface area contributed by atoms with Crippen LogP contribution < -0.4 is 5.32 Å². The third-order valence-electron chi connectivity index (χ3n) is 3.03. The first-order valence-electron chi connectivity index (χ1n) is 6.28. The average Bonchev–Trinajstić information content (AvgIpc) is 2.38. The van der Waals surface area contributed by atoms with Crippen molar-refractivity contribution in [3.8, 4) is 0 Å². The summed E-state index contributed by atoms with van der Waals surface area (Å²) in [5, 5.41) is 3.05. The van der Waals surface area contributed by atoms with Crippen molar-refractivity contribution in [2.45, 2.75) is 26.3 Å². The zero-order valence-electron chi connectivity index (χ0n) is 11.2. The number of halogens is 1. The summed E-state index contributed by atoms with van der Waals surface area (Å²) in [5.74, 6) is -0.301. The standard InChI is InChI=1S/C14H21FN2O/c1-4-9-16-10-14(18)17(3)11(2)12-7-5-6-8-13(12)15/h5-8,11,16H,4,9-10H2,1-3H3. The number of likely N-dealkylation sites (N-methyl/N-ethyl adjacent to an activating group) is 1. The molecule has 0 heterocycles. The highest BCUT2D eigenvalue weighted by Gasteiger charge is 2.19. The minimum Gasteiger partial charge on any atom is -0.338 e. The van der Waals surface area contributed by atoms with Crippen molar-refractivity contribution in [2.75, 3.05) is 20.1 Å². The number of hydrogen-bond acceptors (Lipinski definition) is 2. The van der Waals surface area contributed by atoms with E-state index in [4.69, 9.17) is 0 Å². The van der Waals surface area contributed by atoms with E-state index in [1.54, 1.807) is 30.1 Å². The number of carbonyl (C=O) groups is 1. The summed E-state index contributed by atoms with van der Waals surface area (Å²) >= 11 is 0. The van der Waals surface area contributed by atoms with Crippen LogP contribution in [0, 0.1) is 5.82 Å². The van der Waals surface area contributed by atoms with Crippen LogP contribution in [0.3, 0.4) is 0 Å². The summed E-state index contributed by atoms with van der Waals surface area (Å²) in [6.07, 6.45) is 0.986. The number of benzene rings is 1. The zero-order valence-corrected chi connectivity index (χ0v) is 11.2. The van der Waals surface area contributed by atoms with Gasteiger partial charge in [0.05, 0.1) is 12.6 Å².